The SMILES string of the molecule is O=S(=O)(O)c1cc2c(cc1Br)CSC2. The van der Waals surface area contributed by atoms with Crippen LogP contribution in [-0.2, 0) is 21.6 Å². The summed E-state index contributed by atoms with van der Waals surface area (Å²) in [6.45, 7) is 0. The molecule has 2 rings (SSSR count). The number of rotatable bonds is 1. The summed E-state index contributed by atoms with van der Waals surface area (Å²) in [5.74, 6) is 1.71. The van der Waals surface area contributed by atoms with Gasteiger partial charge in [0.1, 0.15) is 4.90 Å². The predicted molar refractivity (Wildman–Crippen MR) is 59.0 cm³/mol. The first kappa shape index (κ1) is 10.5. The van der Waals surface area contributed by atoms with Gasteiger partial charge in [-0.05, 0) is 39.2 Å². The molecule has 1 N–H and O–H groups in total. The fourth-order valence-corrected chi connectivity index (χ4v) is 4.05. The molecule has 1 aliphatic rings. The quantitative estimate of drug-likeness (QED) is 0.809. The van der Waals surface area contributed by atoms with Crippen LogP contribution < -0.4 is 0 Å². The molecule has 0 bridgehead atoms. The highest BCUT2D eigenvalue weighted by atomic mass is 79.9. The van der Waals surface area contributed by atoms with Gasteiger partial charge in [-0.1, -0.05) is 0 Å². The van der Waals surface area contributed by atoms with Gasteiger partial charge in [-0.15, -0.1) is 0 Å². The average Bonchev–Trinajstić information content (AvgIpc) is 2.47. The second-order valence-electron chi connectivity index (χ2n) is 3.02. The number of hydrogen-bond acceptors (Lipinski definition) is 3. The van der Waals surface area contributed by atoms with Crippen molar-refractivity contribution in [3.63, 3.8) is 0 Å². The summed E-state index contributed by atoms with van der Waals surface area (Å²) in [6.07, 6.45) is 0. The van der Waals surface area contributed by atoms with Crippen molar-refractivity contribution in [1.82, 2.24) is 0 Å². The van der Waals surface area contributed by atoms with Crippen LogP contribution in [0.3, 0.4) is 0 Å². The van der Waals surface area contributed by atoms with E-state index in [4.69, 9.17) is 4.55 Å². The van der Waals surface area contributed by atoms with Gasteiger partial charge in [0.2, 0.25) is 0 Å². The van der Waals surface area contributed by atoms with Crippen LogP contribution >= 0.6 is 27.7 Å². The smallest absolute Gasteiger partial charge is 0.282 e. The average molecular weight is 295 g/mol. The summed E-state index contributed by atoms with van der Waals surface area (Å²) < 4.78 is 31.3. The van der Waals surface area contributed by atoms with Gasteiger partial charge in [-0.25, -0.2) is 0 Å². The van der Waals surface area contributed by atoms with Crippen LogP contribution in [0.2, 0.25) is 0 Å². The Balaban J connectivity index is 2.65. The van der Waals surface area contributed by atoms with Crippen LogP contribution in [0.5, 0.6) is 0 Å². The minimum atomic E-state index is -4.11. The largest absolute Gasteiger partial charge is 0.295 e. The molecule has 0 radical (unpaired) electrons. The van der Waals surface area contributed by atoms with Crippen molar-refractivity contribution in [2.75, 3.05) is 0 Å². The van der Waals surface area contributed by atoms with Crippen molar-refractivity contribution in [1.29, 1.82) is 0 Å². The number of benzene rings is 1. The maximum atomic E-state index is 11.0. The second-order valence-corrected chi connectivity index (χ2v) is 6.25. The zero-order valence-corrected chi connectivity index (χ0v) is 10.2. The van der Waals surface area contributed by atoms with Gasteiger partial charge in [0.05, 0.1) is 0 Å². The van der Waals surface area contributed by atoms with E-state index in [0.717, 1.165) is 22.6 Å². The maximum absolute atomic E-state index is 11.0. The predicted octanol–water partition coefficient (Wildman–Crippen LogP) is 2.44. The van der Waals surface area contributed by atoms with Gasteiger partial charge in [0.25, 0.3) is 10.1 Å². The van der Waals surface area contributed by atoms with E-state index in [1.165, 1.54) is 6.07 Å². The van der Waals surface area contributed by atoms with E-state index < -0.39 is 10.1 Å². The molecule has 1 aromatic carbocycles. The van der Waals surface area contributed by atoms with Crippen LogP contribution in [0, 0.1) is 0 Å². The number of thioether (sulfide) groups is 1. The number of fused-ring (bicyclic) bond motifs is 1. The van der Waals surface area contributed by atoms with Crippen molar-refractivity contribution < 1.29 is 13.0 Å². The van der Waals surface area contributed by atoms with Crippen LogP contribution in [0.25, 0.3) is 0 Å². The van der Waals surface area contributed by atoms with Crippen molar-refractivity contribution in [3.05, 3.63) is 27.7 Å². The Hall–Kier alpha value is -0.0400. The molecule has 0 saturated heterocycles. The van der Waals surface area contributed by atoms with Gasteiger partial charge in [0, 0.05) is 16.0 Å². The van der Waals surface area contributed by atoms with Crippen molar-refractivity contribution in [3.8, 4) is 0 Å². The Morgan fingerprint density at radius 3 is 2.43 bits per heavy atom. The van der Waals surface area contributed by atoms with Crippen LogP contribution in [0.1, 0.15) is 11.1 Å². The van der Waals surface area contributed by atoms with Crippen LogP contribution in [-0.4, -0.2) is 13.0 Å². The summed E-state index contributed by atoms with van der Waals surface area (Å²) in [4.78, 5) is -0.0428. The molecule has 76 valence electrons. The molecule has 0 atom stereocenters. The number of hydrogen-bond donors (Lipinski definition) is 1. The van der Waals surface area contributed by atoms with E-state index in [1.807, 2.05) is 0 Å². The van der Waals surface area contributed by atoms with E-state index >= 15 is 0 Å². The van der Waals surface area contributed by atoms with Crippen molar-refractivity contribution in [2.45, 2.75) is 16.4 Å². The minimum absolute atomic E-state index is 0.0428. The lowest BCUT2D eigenvalue weighted by molar-refractivity contribution is 0.482. The molecule has 0 aliphatic carbocycles. The fourth-order valence-electron chi connectivity index (χ4n) is 1.37. The van der Waals surface area contributed by atoms with Gasteiger partial charge < -0.3 is 0 Å². The van der Waals surface area contributed by atoms with Crippen LogP contribution in [0.4, 0.5) is 0 Å². The lowest BCUT2D eigenvalue weighted by atomic mass is 10.1. The Bertz CT molecular complexity index is 482. The highest BCUT2D eigenvalue weighted by Gasteiger charge is 2.20. The molecule has 0 amide bonds. The first-order valence-electron chi connectivity index (χ1n) is 3.85. The molecule has 1 aliphatic heterocycles. The summed E-state index contributed by atoms with van der Waals surface area (Å²) in [7, 11) is -4.11. The second kappa shape index (κ2) is 3.52. The van der Waals surface area contributed by atoms with E-state index in [9.17, 15) is 8.42 Å². The van der Waals surface area contributed by atoms with Crippen LogP contribution in [0.15, 0.2) is 21.5 Å². The molecule has 0 fully saturated rings. The third-order valence-corrected chi connectivity index (χ3v) is 4.89. The summed E-state index contributed by atoms with van der Waals surface area (Å²) in [5.41, 5.74) is 2.13. The zero-order chi connectivity index (χ0) is 10.3. The lowest BCUT2D eigenvalue weighted by Crippen LogP contribution is -2.00. The molecule has 14 heavy (non-hydrogen) atoms. The Labute approximate surface area is 94.8 Å². The molecule has 0 unspecified atom stereocenters. The minimum Gasteiger partial charge on any atom is -0.282 e. The Morgan fingerprint density at radius 2 is 1.86 bits per heavy atom. The lowest BCUT2D eigenvalue weighted by Gasteiger charge is -2.04. The first-order valence-corrected chi connectivity index (χ1v) is 7.24. The van der Waals surface area contributed by atoms with E-state index in [2.05, 4.69) is 15.9 Å². The number of halogens is 1. The third-order valence-electron chi connectivity index (χ3n) is 2.05. The highest BCUT2D eigenvalue weighted by molar-refractivity contribution is 9.10. The standard InChI is InChI=1S/C8H7BrO3S2/c9-7-1-5-3-13-4-6(5)2-8(7)14(10,11)12/h1-2H,3-4H2,(H,10,11,12). The van der Waals surface area contributed by atoms with Gasteiger partial charge in [-0.2, -0.15) is 20.2 Å². The molecular weight excluding hydrogens is 288 g/mol. The van der Waals surface area contributed by atoms with Gasteiger partial charge in [-0.3, -0.25) is 4.55 Å². The normalized spacial score (nSPS) is 15.6. The zero-order valence-electron chi connectivity index (χ0n) is 7.03. The molecular formula is C8H7BrO3S2. The Morgan fingerprint density at radius 1 is 1.29 bits per heavy atom. The fraction of sp³-hybridized carbons (Fsp3) is 0.250. The van der Waals surface area contributed by atoms with Gasteiger partial charge >= 0.3 is 0 Å². The molecule has 1 heterocycles. The monoisotopic (exact) mass is 294 g/mol. The van der Waals surface area contributed by atoms with Crippen molar-refractivity contribution in [2.24, 2.45) is 0 Å². The van der Waals surface area contributed by atoms with E-state index in [0.29, 0.717) is 4.47 Å². The van der Waals surface area contributed by atoms with Crippen molar-refractivity contribution >= 4 is 37.8 Å². The highest BCUT2D eigenvalue weighted by Crippen LogP contribution is 2.35. The van der Waals surface area contributed by atoms with Gasteiger partial charge in [0.15, 0.2) is 0 Å². The molecule has 0 spiro atoms. The molecule has 0 saturated carbocycles. The van der Waals surface area contributed by atoms with E-state index in [1.54, 1.807) is 17.8 Å². The Kier molecular flexibility index (Phi) is 2.63. The summed E-state index contributed by atoms with van der Waals surface area (Å²) >= 11 is 4.87. The third kappa shape index (κ3) is 1.84. The van der Waals surface area contributed by atoms with E-state index in [-0.39, 0.29) is 4.90 Å². The summed E-state index contributed by atoms with van der Waals surface area (Å²) in [6, 6.07) is 3.30. The molecule has 6 heteroatoms. The maximum Gasteiger partial charge on any atom is 0.295 e. The molecule has 0 aromatic heterocycles. The summed E-state index contributed by atoms with van der Waals surface area (Å²) in [5, 5.41) is 0. The molecule has 1 aromatic rings. The first-order chi connectivity index (χ1) is 6.48. The topological polar surface area (TPSA) is 54.4 Å². The molecule has 3 nitrogen and oxygen atoms in total.